The highest BCUT2D eigenvalue weighted by Gasteiger charge is 2.10. The number of hydrogen-bond acceptors (Lipinski definition) is 2. The lowest BCUT2D eigenvalue weighted by Gasteiger charge is -2.10. The van der Waals surface area contributed by atoms with Crippen LogP contribution >= 0.6 is 11.3 Å². The van der Waals surface area contributed by atoms with E-state index >= 15 is 0 Å². The fourth-order valence-corrected chi connectivity index (χ4v) is 3.81. The van der Waals surface area contributed by atoms with Gasteiger partial charge in [0.1, 0.15) is 5.82 Å². The van der Waals surface area contributed by atoms with Gasteiger partial charge in [0.25, 0.3) is 0 Å². The van der Waals surface area contributed by atoms with Crippen molar-refractivity contribution in [3.8, 4) is 16.9 Å². The summed E-state index contributed by atoms with van der Waals surface area (Å²) in [6.07, 6.45) is 0. The lowest BCUT2D eigenvalue weighted by atomic mass is 10.1. The van der Waals surface area contributed by atoms with Crippen LogP contribution in [0.25, 0.3) is 16.9 Å². The standard InChI is InChI=1S/C23H19FN2S/c1-16-3-11-20(12-4-16)25-23-26(21-13-5-17(2)6-14-21)22(15-27-23)18-7-9-19(24)10-8-18/h3-15H,1-2H3. The van der Waals surface area contributed by atoms with E-state index in [0.29, 0.717) is 0 Å². The molecule has 0 saturated heterocycles. The van der Waals surface area contributed by atoms with Gasteiger partial charge in [0.15, 0.2) is 4.80 Å². The Morgan fingerprint density at radius 1 is 0.778 bits per heavy atom. The first-order valence-corrected chi connectivity index (χ1v) is 9.63. The van der Waals surface area contributed by atoms with Crippen LogP contribution < -0.4 is 4.80 Å². The number of hydrogen-bond donors (Lipinski definition) is 0. The normalized spacial score (nSPS) is 11.7. The molecule has 4 heteroatoms. The summed E-state index contributed by atoms with van der Waals surface area (Å²) in [5.74, 6) is -0.236. The minimum atomic E-state index is -0.236. The van der Waals surface area contributed by atoms with Gasteiger partial charge in [-0.05, 0) is 67.9 Å². The zero-order chi connectivity index (χ0) is 18.8. The Hall–Kier alpha value is -2.98. The molecular formula is C23H19FN2S. The minimum absolute atomic E-state index is 0.236. The second-order valence-electron chi connectivity index (χ2n) is 6.53. The molecule has 0 aliphatic rings. The third kappa shape index (κ3) is 3.76. The van der Waals surface area contributed by atoms with Crippen LogP contribution in [0.5, 0.6) is 0 Å². The Labute approximate surface area is 161 Å². The maximum absolute atomic E-state index is 13.4. The van der Waals surface area contributed by atoms with Gasteiger partial charge in [0, 0.05) is 11.1 Å². The maximum atomic E-state index is 13.4. The van der Waals surface area contributed by atoms with Gasteiger partial charge in [-0.2, -0.15) is 0 Å². The van der Waals surface area contributed by atoms with Crippen LogP contribution in [0, 0.1) is 19.7 Å². The highest BCUT2D eigenvalue weighted by molar-refractivity contribution is 7.07. The van der Waals surface area contributed by atoms with E-state index in [9.17, 15) is 4.39 Å². The van der Waals surface area contributed by atoms with E-state index in [0.717, 1.165) is 27.4 Å². The molecule has 1 heterocycles. The van der Waals surface area contributed by atoms with Gasteiger partial charge in [0.2, 0.25) is 0 Å². The zero-order valence-electron chi connectivity index (χ0n) is 15.2. The van der Waals surface area contributed by atoms with Crippen molar-refractivity contribution in [2.45, 2.75) is 13.8 Å². The molecule has 0 spiro atoms. The summed E-state index contributed by atoms with van der Waals surface area (Å²) < 4.78 is 15.5. The second-order valence-corrected chi connectivity index (χ2v) is 7.37. The van der Waals surface area contributed by atoms with E-state index in [1.165, 1.54) is 23.3 Å². The number of aryl methyl sites for hydroxylation is 2. The second kappa shape index (κ2) is 7.33. The molecule has 134 valence electrons. The highest BCUT2D eigenvalue weighted by Crippen LogP contribution is 2.24. The van der Waals surface area contributed by atoms with Crippen LogP contribution in [-0.4, -0.2) is 4.57 Å². The van der Waals surface area contributed by atoms with Crippen LogP contribution in [-0.2, 0) is 0 Å². The number of halogens is 1. The van der Waals surface area contributed by atoms with Crippen molar-refractivity contribution in [1.29, 1.82) is 0 Å². The van der Waals surface area contributed by atoms with Crippen molar-refractivity contribution >= 4 is 17.0 Å². The number of nitrogens with zero attached hydrogens (tertiary/aromatic N) is 2. The summed E-state index contributed by atoms with van der Waals surface area (Å²) >= 11 is 1.58. The Morgan fingerprint density at radius 2 is 1.37 bits per heavy atom. The number of benzene rings is 3. The fourth-order valence-electron chi connectivity index (χ4n) is 2.88. The topological polar surface area (TPSA) is 17.3 Å². The van der Waals surface area contributed by atoms with Gasteiger partial charge < -0.3 is 0 Å². The van der Waals surface area contributed by atoms with Crippen LogP contribution in [0.15, 0.2) is 83.2 Å². The number of rotatable bonds is 3. The lowest BCUT2D eigenvalue weighted by molar-refractivity contribution is 0.628. The molecule has 0 aliphatic heterocycles. The summed E-state index contributed by atoms with van der Waals surface area (Å²) in [4.78, 5) is 5.73. The van der Waals surface area contributed by atoms with Crippen LogP contribution in [0.3, 0.4) is 0 Å². The summed E-state index contributed by atoms with van der Waals surface area (Å²) in [7, 11) is 0. The average Bonchev–Trinajstić information content (AvgIpc) is 3.08. The molecule has 3 aromatic carbocycles. The fraction of sp³-hybridized carbons (Fsp3) is 0.0870. The molecule has 27 heavy (non-hydrogen) atoms. The summed E-state index contributed by atoms with van der Waals surface area (Å²) in [6, 6.07) is 23.1. The molecule has 0 amide bonds. The lowest BCUT2D eigenvalue weighted by Crippen LogP contribution is -2.13. The minimum Gasteiger partial charge on any atom is -0.285 e. The van der Waals surface area contributed by atoms with Crippen molar-refractivity contribution in [1.82, 2.24) is 4.57 Å². The first-order valence-electron chi connectivity index (χ1n) is 8.75. The van der Waals surface area contributed by atoms with Crippen LogP contribution in [0.2, 0.25) is 0 Å². The van der Waals surface area contributed by atoms with Gasteiger partial charge in [-0.15, -0.1) is 11.3 Å². The molecular weight excluding hydrogens is 355 g/mol. The Balaban J connectivity index is 1.92. The molecule has 4 aromatic rings. The van der Waals surface area contributed by atoms with E-state index in [1.54, 1.807) is 23.5 Å². The molecule has 0 bridgehead atoms. The van der Waals surface area contributed by atoms with Gasteiger partial charge in [-0.1, -0.05) is 35.4 Å². The van der Waals surface area contributed by atoms with Gasteiger partial charge >= 0.3 is 0 Å². The third-order valence-corrected chi connectivity index (χ3v) is 5.22. The Kier molecular flexibility index (Phi) is 4.73. The molecule has 2 nitrogen and oxygen atoms in total. The van der Waals surface area contributed by atoms with Crippen molar-refractivity contribution < 1.29 is 4.39 Å². The predicted octanol–water partition coefficient (Wildman–Crippen LogP) is 6.19. The molecule has 0 unspecified atom stereocenters. The summed E-state index contributed by atoms with van der Waals surface area (Å²) in [6.45, 7) is 4.13. The smallest absolute Gasteiger partial charge is 0.195 e. The molecule has 0 radical (unpaired) electrons. The monoisotopic (exact) mass is 374 g/mol. The molecule has 0 N–H and O–H groups in total. The predicted molar refractivity (Wildman–Crippen MR) is 110 cm³/mol. The molecule has 4 rings (SSSR count). The van der Waals surface area contributed by atoms with E-state index in [2.05, 4.69) is 60.2 Å². The quantitative estimate of drug-likeness (QED) is 0.407. The Bertz CT molecular complexity index is 1120. The zero-order valence-corrected chi connectivity index (χ0v) is 16.0. The molecule has 0 saturated carbocycles. The molecule has 1 aromatic heterocycles. The molecule has 0 atom stereocenters. The van der Waals surface area contributed by atoms with E-state index < -0.39 is 0 Å². The van der Waals surface area contributed by atoms with Crippen molar-refractivity contribution in [3.63, 3.8) is 0 Å². The number of aromatic nitrogens is 1. The van der Waals surface area contributed by atoms with Gasteiger partial charge in [-0.3, -0.25) is 4.57 Å². The van der Waals surface area contributed by atoms with Gasteiger partial charge in [0.05, 0.1) is 11.4 Å². The van der Waals surface area contributed by atoms with Gasteiger partial charge in [-0.25, -0.2) is 9.38 Å². The van der Waals surface area contributed by atoms with Crippen LogP contribution in [0.1, 0.15) is 11.1 Å². The van der Waals surface area contributed by atoms with Crippen molar-refractivity contribution in [3.05, 3.63) is 99.9 Å². The van der Waals surface area contributed by atoms with E-state index in [-0.39, 0.29) is 5.82 Å². The highest BCUT2D eigenvalue weighted by atomic mass is 32.1. The number of thiazole rings is 1. The van der Waals surface area contributed by atoms with Crippen molar-refractivity contribution in [2.24, 2.45) is 4.99 Å². The maximum Gasteiger partial charge on any atom is 0.195 e. The molecule has 0 fully saturated rings. The average molecular weight is 374 g/mol. The SMILES string of the molecule is Cc1ccc(N=c2scc(-c3ccc(F)cc3)n2-c2ccc(C)cc2)cc1. The van der Waals surface area contributed by atoms with Crippen molar-refractivity contribution in [2.75, 3.05) is 0 Å². The van der Waals surface area contributed by atoms with E-state index in [4.69, 9.17) is 4.99 Å². The van der Waals surface area contributed by atoms with Crippen LogP contribution in [0.4, 0.5) is 10.1 Å². The largest absolute Gasteiger partial charge is 0.285 e. The first-order chi connectivity index (χ1) is 13.1. The Morgan fingerprint density at radius 3 is 2.00 bits per heavy atom. The first kappa shape index (κ1) is 17.4. The molecule has 0 aliphatic carbocycles. The van der Waals surface area contributed by atoms with E-state index in [1.807, 2.05) is 12.1 Å². The summed E-state index contributed by atoms with van der Waals surface area (Å²) in [5.41, 5.74) is 6.31. The summed E-state index contributed by atoms with van der Waals surface area (Å²) in [5, 5.41) is 2.07. The third-order valence-electron chi connectivity index (χ3n) is 4.40.